The molecule has 148 valence electrons. The van der Waals surface area contributed by atoms with Crippen molar-refractivity contribution in [2.24, 2.45) is 0 Å². The molecule has 30 heavy (non-hydrogen) atoms. The molecule has 0 aliphatic carbocycles. The molecule has 3 aromatic carbocycles. The van der Waals surface area contributed by atoms with Gasteiger partial charge in [-0.05, 0) is 55.0 Å². The summed E-state index contributed by atoms with van der Waals surface area (Å²) in [7, 11) is 0. The smallest absolute Gasteiger partial charge is 0.274 e. The molecule has 0 aliphatic rings. The fourth-order valence-corrected chi connectivity index (χ4v) is 4.38. The van der Waals surface area contributed by atoms with Crippen molar-refractivity contribution in [3.63, 3.8) is 0 Å². The zero-order valence-corrected chi connectivity index (χ0v) is 16.9. The summed E-state index contributed by atoms with van der Waals surface area (Å²) in [6.45, 7) is 2.31. The molecule has 5 rings (SSSR count). The molecule has 0 aliphatic heterocycles. The number of hydrogen-bond donors (Lipinski definition) is 0. The van der Waals surface area contributed by atoms with Gasteiger partial charge in [-0.1, -0.05) is 47.2 Å². The quantitative estimate of drug-likeness (QED) is 0.434. The summed E-state index contributed by atoms with van der Waals surface area (Å²) >= 11 is 1.36. The van der Waals surface area contributed by atoms with Crippen LogP contribution in [0.15, 0.2) is 71.5 Å². The molecule has 2 aromatic heterocycles. The summed E-state index contributed by atoms with van der Waals surface area (Å²) in [5, 5.41) is 0. The van der Waals surface area contributed by atoms with E-state index in [1.54, 1.807) is 16.5 Å². The molecule has 0 radical (unpaired) electrons. The molecule has 6 heteroatoms. The summed E-state index contributed by atoms with van der Waals surface area (Å²) in [5.41, 5.74) is 4.29. The van der Waals surface area contributed by atoms with Crippen LogP contribution >= 0.6 is 11.3 Å². The minimum Gasteiger partial charge on any atom is -0.488 e. The molecule has 0 saturated carbocycles. The van der Waals surface area contributed by atoms with Crippen LogP contribution in [-0.2, 0) is 6.61 Å². The Morgan fingerprint density at radius 3 is 2.73 bits per heavy atom. The van der Waals surface area contributed by atoms with Crippen LogP contribution in [0.2, 0.25) is 0 Å². The maximum atomic E-state index is 13.1. The summed E-state index contributed by atoms with van der Waals surface area (Å²) in [6.07, 6.45) is 1.85. The van der Waals surface area contributed by atoms with E-state index in [0.29, 0.717) is 21.8 Å². The lowest BCUT2D eigenvalue weighted by Crippen LogP contribution is -2.22. The third-order valence-corrected chi connectivity index (χ3v) is 5.87. The molecule has 0 saturated heterocycles. The number of halogens is 1. The van der Waals surface area contributed by atoms with Gasteiger partial charge in [0.15, 0.2) is 4.96 Å². The third-order valence-electron chi connectivity index (χ3n) is 4.90. The van der Waals surface area contributed by atoms with Crippen molar-refractivity contribution in [2.75, 3.05) is 0 Å². The molecule has 2 heterocycles. The minimum atomic E-state index is -0.277. The van der Waals surface area contributed by atoms with E-state index in [-0.39, 0.29) is 11.4 Å². The molecule has 0 fully saturated rings. The standard InChI is InChI=1S/C24H17FN2O2S/c1-15-6-11-21(29-14-16-7-9-18(25)10-8-16)17(12-15)13-22-23(28)27-20-5-3-2-4-19(20)26-24(27)30-22/h2-13H,14H2,1H3. The lowest BCUT2D eigenvalue weighted by atomic mass is 10.1. The lowest BCUT2D eigenvalue weighted by molar-refractivity contribution is 0.305. The monoisotopic (exact) mass is 416 g/mol. The van der Waals surface area contributed by atoms with Crippen molar-refractivity contribution in [1.29, 1.82) is 0 Å². The molecule has 0 atom stereocenters. The molecule has 0 unspecified atom stereocenters. The topological polar surface area (TPSA) is 43.6 Å². The number of thiazole rings is 1. The Balaban J connectivity index is 1.56. The number of ether oxygens (including phenoxy) is 1. The van der Waals surface area contributed by atoms with Gasteiger partial charge in [-0.3, -0.25) is 4.79 Å². The predicted molar refractivity (Wildman–Crippen MR) is 118 cm³/mol. The normalized spacial score (nSPS) is 12.1. The van der Waals surface area contributed by atoms with Gasteiger partial charge in [0.2, 0.25) is 0 Å². The summed E-state index contributed by atoms with van der Waals surface area (Å²) in [5.74, 6) is 0.390. The van der Waals surface area contributed by atoms with Gasteiger partial charge in [-0.25, -0.2) is 13.8 Å². The van der Waals surface area contributed by atoms with E-state index < -0.39 is 0 Å². The van der Waals surface area contributed by atoms with Gasteiger partial charge in [0.25, 0.3) is 5.56 Å². The van der Waals surface area contributed by atoms with Gasteiger partial charge >= 0.3 is 0 Å². The van der Waals surface area contributed by atoms with Crippen LogP contribution < -0.4 is 14.8 Å². The van der Waals surface area contributed by atoms with Crippen molar-refractivity contribution in [2.45, 2.75) is 13.5 Å². The highest BCUT2D eigenvalue weighted by molar-refractivity contribution is 7.15. The van der Waals surface area contributed by atoms with Crippen LogP contribution in [0.25, 0.3) is 22.1 Å². The van der Waals surface area contributed by atoms with Crippen molar-refractivity contribution in [3.05, 3.63) is 104 Å². The van der Waals surface area contributed by atoms with E-state index in [1.165, 1.54) is 23.5 Å². The predicted octanol–water partition coefficient (Wildman–Crippen LogP) is 4.48. The zero-order chi connectivity index (χ0) is 20.7. The number of aromatic nitrogens is 2. The highest BCUT2D eigenvalue weighted by Gasteiger charge is 2.11. The Kier molecular flexibility index (Phi) is 4.56. The largest absolute Gasteiger partial charge is 0.488 e. The van der Waals surface area contributed by atoms with Crippen LogP contribution in [0.1, 0.15) is 16.7 Å². The second-order valence-corrected chi connectivity index (χ2v) is 8.10. The van der Waals surface area contributed by atoms with Crippen molar-refractivity contribution < 1.29 is 9.13 Å². The number of para-hydroxylation sites is 2. The van der Waals surface area contributed by atoms with Gasteiger partial charge in [0, 0.05) is 5.56 Å². The van der Waals surface area contributed by atoms with Crippen LogP contribution in [-0.4, -0.2) is 9.38 Å². The minimum absolute atomic E-state index is 0.0882. The number of hydrogen-bond acceptors (Lipinski definition) is 4. The number of benzene rings is 3. The van der Waals surface area contributed by atoms with Gasteiger partial charge in [0.1, 0.15) is 18.2 Å². The van der Waals surface area contributed by atoms with Gasteiger partial charge < -0.3 is 4.74 Å². The number of imidazole rings is 1. The third kappa shape index (κ3) is 3.35. The summed E-state index contributed by atoms with van der Waals surface area (Å²) < 4.78 is 21.3. The molecule has 0 amide bonds. The average molecular weight is 416 g/mol. The van der Waals surface area contributed by atoms with Crippen LogP contribution in [0, 0.1) is 12.7 Å². The first-order chi connectivity index (χ1) is 14.6. The fourth-order valence-electron chi connectivity index (χ4n) is 3.41. The SMILES string of the molecule is Cc1ccc(OCc2ccc(F)cc2)c(C=c2sc3nc4ccccc4n3c2=O)c1. The van der Waals surface area contributed by atoms with E-state index in [9.17, 15) is 9.18 Å². The van der Waals surface area contributed by atoms with Crippen LogP contribution in [0.4, 0.5) is 4.39 Å². The Morgan fingerprint density at radius 2 is 1.90 bits per heavy atom. The Bertz CT molecular complexity index is 1490. The van der Waals surface area contributed by atoms with Gasteiger partial charge in [0.05, 0.1) is 15.6 Å². The zero-order valence-electron chi connectivity index (χ0n) is 16.1. The highest BCUT2D eigenvalue weighted by atomic mass is 32.1. The van der Waals surface area contributed by atoms with Crippen molar-refractivity contribution >= 4 is 33.4 Å². The Morgan fingerprint density at radius 1 is 1.10 bits per heavy atom. The van der Waals surface area contributed by atoms with E-state index in [2.05, 4.69) is 4.98 Å². The first kappa shape index (κ1) is 18.5. The average Bonchev–Trinajstić information content (AvgIpc) is 3.25. The number of nitrogens with zero attached hydrogens (tertiary/aromatic N) is 2. The van der Waals surface area contributed by atoms with Crippen molar-refractivity contribution in [1.82, 2.24) is 9.38 Å². The van der Waals surface area contributed by atoms with Gasteiger partial charge in [-0.2, -0.15) is 0 Å². The molecular formula is C24H17FN2O2S. The number of rotatable bonds is 4. The summed E-state index contributed by atoms with van der Waals surface area (Å²) in [4.78, 5) is 18.3. The Hall–Kier alpha value is -3.51. The maximum absolute atomic E-state index is 13.1. The van der Waals surface area contributed by atoms with Gasteiger partial charge in [-0.15, -0.1) is 0 Å². The molecule has 0 spiro atoms. The molecular weight excluding hydrogens is 399 g/mol. The van der Waals surface area contributed by atoms with E-state index in [0.717, 1.165) is 27.7 Å². The second kappa shape index (κ2) is 7.39. The van der Waals surface area contributed by atoms with E-state index >= 15 is 0 Å². The molecule has 4 nitrogen and oxygen atoms in total. The van der Waals surface area contributed by atoms with Crippen molar-refractivity contribution in [3.8, 4) is 5.75 Å². The van der Waals surface area contributed by atoms with Crippen LogP contribution in [0.3, 0.4) is 0 Å². The second-order valence-electron chi connectivity index (χ2n) is 7.09. The number of aryl methyl sites for hydroxylation is 1. The first-order valence-electron chi connectivity index (χ1n) is 9.48. The molecule has 0 N–H and O–H groups in total. The maximum Gasteiger partial charge on any atom is 0.274 e. The molecule has 5 aromatic rings. The fraction of sp³-hybridized carbons (Fsp3) is 0.0833. The van der Waals surface area contributed by atoms with E-state index in [1.807, 2.05) is 55.5 Å². The first-order valence-corrected chi connectivity index (χ1v) is 10.3. The highest BCUT2D eigenvalue weighted by Crippen LogP contribution is 2.23. The van der Waals surface area contributed by atoms with Crippen LogP contribution in [0.5, 0.6) is 5.75 Å². The van der Waals surface area contributed by atoms with E-state index in [4.69, 9.17) is 4.74 Å². The summed E-state index contributed by atoms with van der Waals surface area (Å²) in [6, 6.07) is 19.7. The number of fused-ring (bicyclic) bond motifs is 3. The lowest BCUT2D eigenvalue weighted by Gasteiger charge is -2.10. The Labute approximate surface area is 175 Å². The molecule has 0 bridgehead atoms.